The summed E-state index contributed by atoms with van der Waals surface area (Å²) in [4.78, 5) is 12.5. The second-order valence-corrected chi connectivity index (χ2v) is 7.23. The van der Waals surface area contributed by atoms with Gasteiger partial charge in [-0.3, -0.25) is 4.79 Å². The Bertz CT molecular complexity index is 470. The highest BCUT2D eigenvalue weighted by Gasteiger charge is 2.09. The topological polar surface area (TPSA) is 26.3 Å². The summed E-state index contributed by atoms with van der Waals surface area (Å²) in [6.07, 6.45) is 15.1. The Morgan fingerprint density at radius 3 is 1.92 bits per heavy atom. The van der Waals surface area contributed by atoms with Gasteiger partial charge in [-0.2, -0.15) is 0 Å². The van der Waals surface area contributed by atoms with Crippen LogP contribution < -0.4 is 4.74 Å². The van der Waals surface area contributed by atoms with Gasteiger partial charge < -0.3 is 4.74 Å². The molecule has 0 amide bonds. The number of para-hydroxylation sites is 1. The lowest BCUT2D eigenvalue weighted by molar-refractivity contribution is -0.114. The molecule has 0 fully saturated rings. The van der Waals surface area contributed by atoms with Gasteiger partial charge in [0.1, 0.15) is 5.75 Å². The number of carbonyl (C=O) groups is 1. The molecule has 140 valence electrons. The van der Waals surface area contributed by atoms with Gasteiger partial charge >= 0.3 is 0 Å². The molecule has 0 aromatic heterocycles. The monoisotopic (exact) mass is 362 g/mol. The van der Waals surface area contributed by atoms with Crippen LogP contribution in [0.1, 0.15) is 84.0 Å². The standard InChI is InChI=1S/C22H34O2S/c1-2-3-4-5-6-7-8-9-10-11-15-18-22(25)21(23)19-24-20-16-13-12-14-17-20/h12-14,16-17H,2-11,15,18-19H2,1H3. The zero-order valence-electron chi connectivity index (χ0n) is 15.8. The van der Waals surface area contributed by atoms with Crippen molar-refractivity contribution in [2.45, 2.75) is 84.0 Å². The van der Waals surface area contributed by atoms with E-state index < -0.39 is 0 Å². The third-order valence-corrected chi connectivity index (χ3v) is 4.86. The molecule has 0 heterocycles. The van der Waals surface area contributed by atoms with E-state index in [9.17, 15) is 4.79 Å². The Balaban J connectivity index is 1.93. The summed E-state index contributed by atoms with van der Waals surface area (Å²) < 4.78 is 5.46. The zero-order chi connectivity index (χ0) is 18.2. The molecule has 25 heavy (non-hydrogen) atoms. The summed E-state index contributed by atoms with van der Waals surface area (Å²) in [6, 6.07) is 9.40. The highest BCUT2D eigenvalue weighted by molar-refractivity contribution is 7.82. The van der Waals surface area contributed by atoms with Crippen molar-refractivity contribution in [3.63, 3.8) is 0 Å². The molecule has 3 heteroatoms. The van der Waals surface area contributed by atoms with Gasteiger partial charge in [0, 0.05) is 0 Å². The Labute approximate surface area is 159 Å². The molecule has 0 radical (unpaired) electrons. The van der Waals surface area contributed by atoms with Crippen LogP contribution in [0.2, 0.25) is 0 Å². The maximum Gasteiger partial charge on any atom is 0.206 e. The third-order valence-electron chi connectivity index (χ3n) is 4.43. The minimum absolute atomic E-state index is 0.0501. The minimum Gasteiger partial charge on any atom is -0.485 e. The molecule has 0 atom stereocenters. The second-order valence-electron chi connectivity index (χ2n) is 6.73. The van der Waals surface area contributed by atoms with Gasteiger partial charge in [0.05, 0.1) is 4.86 Å². The summed E-state index contributed by atoms with van der Waals surface area (Å²) in [7, 11) is 0. The average molecular weight is 363 g/mol. The molecular weight excluding hydrogens is 328 g/mol. The fourth-order valence-electron chi connectivity index (χ4n) is 2.84. The number of unbranched alkanes of at least 4 members (excludes halogenated alkanes) is 10. The lowest BCUT2D eigenvalue weighted by Crippen LogP contribution is -2.19. The highest BCUT2D eigenvalue weighted by atomic mass is 32.1. The van der Waals surface area contributed by atoms with Crippen molar-refractivity contribution in [2.24, 2.45) is 0 Å². The Hall–Kier alpha value is -1.22. The van der Waals surface area contributed by atoms with E-state index in [-0.39, 0.29) is 12.4 Å². The van der Waals surface area contributed by atoms with Gasteiger partial charge in [-0.1, -0.05) is 102 Å². The van der Waals surface area contributed by atoms with E-state index in [2.05, 4.69) is 6.92 Å². The van der Waals surface area contributed by atoms with Gasteiger partial charge in [-0.15, -0.1) is 0 Å². The van der Waals surface area contributed by atoms with E-state index in [1.165, 1.54) is 64.2 Å². The van der Waals surface area contributed by atoms with Crippen LogP contribution in [0.25, 0.3) is 0 Å². The van der Waals surface area contributed by atoms with E-state index in [4.69, 9.17) is 17.0 Å². The molecule has 0 N–H and O–H groups in total. The number of Topliss-reactive ketones (excluding diaryl/α,β-unsaturated/α-hetero) is 1. The number of carbonyl (C=O) groups excluding carboxylic acids is 1. The number of rotatable bonds is 16. The van der Waals surface area contributed by atoms with E-state index in [1.807, 2.05) is 30.3 Å². The van der Waals surface area contributed by atoms with Crippen molar-refractivity contribution in [3.8, 4) is 5.75 Å². The van der Waals surface area contributed by atoms with Crippen molar-refractivity contribution >= 4 is 22.9 Å². The zero-order valence-corrected chi connectivity index (χ0v) is 16.6. The van der Waals surface area contributed by atoms with Crippen LogP contribution in [-0.4, -0.2) is 17.3 Å². The van der Waals surface area contributed by atoms with Crippen molar-refractivity contribution < 1.29 is 9.53 Å². The van der Waals surface area contributed by atoms with Crippen molar-refractivity contribution in [2.75, 3.05) is 6.61 Å². The summed E-state index contributed by atoms with van der Waals surface area (Å²) in [5.74, 6) is 0.666. The summed E-state index contributed by atoms with van der Waals surface area (Å²) in [5, 5.41) is 0. The largest absolute Gasteiger partial charge is 0.485 e. The van der Waals surface area contributed by atoms with Crippen LogP contribution in [0.5, 0.6) is 5.75 Å². The fourth-order valence-corrected chi connectivity index (χ4v) is 3.04. The maximum atomic E-state index is 12.0. The summed E-state index contributed by atoms with van der Waals surface area (Å²) in [6.45, 7) is 2.32. The molecule has 1 rings (SSSR count). The Kier molecular flexibility index (Phi) is 13.2. The van der Waals surface area contributed by atoms with Crippen molar-refractivity contribution in [3.05, 3.63) is 30.3 Å². The first-order valence-electron chi connectivity index (χ1n) is 9.98. The number of ketones is 1. The molecular formula is C22H34O2S. The second kappa shape index (κ2) is 15.1. The lowest BCUT2D eigenvalue weighted by Gasteiger charge is -2.06. The van der Waals surface area contributed by atoms with E-state index >= 15 is 0 Å². The first-order chi connectivity index (χ1) is 12.2. The van der Waals surface area contributed by atoms with E-state index in [0.29, 0.717) is 10.6 Å². The molecule has 0 unspecified atom stereocenters. The first-order valence-corrected chi connectivity index (χ1v) is 10.4. The van der Waals surface area contributed by atoms with E-state index in [1.54, 1.807) is 0 Å². The SMILES string of the molecule is CCCCCCCCCCCCCC(=S)C(=O)COc1ccccc1. The lowest BCUT2D eigenvalue weighted by atomic mass is 10.0. The van der Waals surface area contributed by atoms with Gasteiger partial charge in [0.25, 0.3) is 0 Å². The fraction of sp³-hybridized carbons (Fsp3) is 0.636. The average Bonchev–Trinajstić information content (AvgIpc) is 2.64. The summed E-state index contributed by atoms with van der Waals surface area (Å²) in [5.41, 5.74) is 0. The molecule has 0 bridgehead atoms. The van der Waals surface area contributed by atoms with Crippen LogP contribution in [-0.2, 0) is 4.79 Å². The smallest absolute Gasteiger partial charge is 0.206 e. The molecule has 0 aliphatic rings. The minimum atomic E-state index is -0.0501. The Morgan fingerprint density at radius 1 is 0.840 bits per heavy atom. The summed E-state index contributed by atoms with van der Waals surface area (Å²) >= 11 is 5.23. The van der Waals surface area contributed by atoms with Crippen LogP contribution in [0.4, 0.5) is 0 Å². The normalized spacial score (nSPS) is 10.6. The van der Waals surface area contributed by atoms with Gasteiger partial charge in [0.2, 0.25) is 5.78 Å². The van der Waals surface area contributed by atoms with E-state index in [0.717, 1.165) is 12.8 Å². The van der Waals surface area contributed by atoms with Crippen LogP contribution in [0, 0.1) is 0 Å². The molecule has 0 saturated heterocycles. The molecule has 0 spiro atoms. The molecule has 0 aliphatic heterocycles. The van der Waals surface area contributed by atoms with Gasteiger partial charge in [-0.05, 0) is 25.0 Å². The predicted octanol–water partition coefficient (Wildman–Crippen LogP) is 6.71. The third kappa shape index (κ3) is 11.9. The molecule has 1 aromatic rings. The number of hydrogen-bond donors (Lipinski definition) is 0. The first kappa shape index (κ1) is 21.8. The number of hydrogen-bond acceptors (Lipinski definition) is 3. The highest BCUT2D eigenvalue weighted by Crippen LogP contribution is 2.13. The molecule has 1 aromatic carbocycles. The van der Waals surface area contributed by atoms with Crippen molar-refractivity contribution in [1.29, 1.82) is 0 Å². The number of ether oxygens (including phenoxy) is 1. The maximum absolute atomic E-state index is 12.0. The predicted molar refractivity (Wildman–Crippen MR) is 111 cm³/mol. The quantitative estimate of drug-likeness (QED) is 0.241. The molecule has 2 nitrogen and oxygen atoms in total. The van der Waals surface area contributed by atoms with Crippen LogP contribution in [0.3, 0.4) is 0 Å². The number of thiocarbonyl (C=S) groups is 1. The van der Waals surface area contributed by atoms with Gasteiger partial charge in [0.15, 0.2) is 6.61 Å². The van der Waals surface area contributed by atoms with Gasteiger partial charge in [-0.25, -0.2) is 0 Å². The van der Waals surface area contributed by atoms with Crippen LogP contribution >= 0.6 is 12.2 Å². The number of benzene rings is 1. The Morgan fingerprint density at radius 2 is 1.36 bits per heavy atom. The van der Waals surface area contributed by atoms with Crippen molar-refractivity contribution in [1.82, 2.24) is 0 Å². The molecule has 0 saturated carbocycles. The van der Waals surface area contributed by atoms with Crippen LogP contribution in [0.15, 0.2) is 30.3 Å². The molecule has 0 aliphatic carbocycles.